The summed E-state index contributed by atoms with van der Waals surface area (Å²) in [4.78, 5) is 13.5. The lowest BCUT2D eigenvalue weighted by Crippen LogP contribution is -2.38. The zero-order valence-electron chi connectivity index (χ0n) is 11.4. The van der Waals surface area contributed by atoms with Crippen LogP contribution in [0.3, 0.4) is 0 Å². The van der Waals surface area contributed by atoms with Crippen LogP contribution in [-0.4, -0.2) is 47.3 Å². The van der Waals surface area contributed by atoms with Gasteiger partial charge in [-0.3, -0.25) is 14.4 Å². The first-order valence-electron chi connectivity index (χ1n) is 6.20. The number of carbonyl (C=O) groups excluding carboxylic acids is 1. The van der Waals surface area contributed by atoms with Crippen LogP contribution in [-0.2, 0) is 11.3 Å². The third-order valence-electron chi connectivity index (χ3n) is 2.49. The van der Waals surface area contributed by atoms with E-state index in [0.717, 1.165) is 19.6 Å². The predicted molar refractivity (Wildman–Crippen MR) is 72.0 cm³/mol. The van der Waals surface area contributed by atoms with Crippen LogP contribution in [0.15, 0.2) is 12.4 Å². The standard InChI is InChI=1S/C12H23N5O/c1-10(2)6-14-12(18)9-16(3)4-5-17-8-11(13)7-15-17/h7-8,10H,4-6,9,13H2,1-3H3,(H,14,18). The van der Waals surface area contributed by atoms with Crippen LogP contribution in [0.4, 0.5) is 5.69 Å². The van der Waals surface area contributed by atoms with Gasteiger partial charge in [-0.1, -0.05) is 13.8 Å². The first kappa shape index (κ1) is 14.5. The maximum Gasteiger partial charge on any atom is 0.234 e. The lowest BCUT2D eigenvalue weighted by atomic mass is 10.2. The maximum absolute atomic E-state index is 11.6. The molecule has 6 heteroatoms. The van der Waals surface area contributed by atoms with E-state index in [-0.39, 0.29) is 5.91 Å². The Morgan fingerprint density at radius 3 is 2.89 bits per heavy atom. The number of nitrogens with one attached hydrogen (secondary N) is 1. The summed E-state index contributed by atoms with van der Waals surface area (Å²) in [6, 6.07) is 0. The SMILES string of the molecule is CC(C)CNC(=O)CN(C)CCn1cc(N)cn1. The quantitative estimate of drug-likeness (QED) is 0.726. The van der Waals surface area contributed by atoms with Gasteiger partial charge in [0.25, 0.3) is 0 Å². The number of hydrogen-bond acceptors (Lipinski definition) is 4. The van der Waals surface area contributed by atoms with Crippen LogP contribution in [0, 0.1) is 5.92 Å². The minimum atomic E-state index is 0.0613. The zero-order valence-corrected chi connectivity index (χ0v) is 11.4. The first-order chi connectivity index (χ1) is 8.47. The number of hydrogen-bond donors (Lipinski definition) is 2. The topological polar surface area (TPSA) is 76.2 Å². The van der Waals surface area contributed by atoms with Crippen molar-refractivity contribution in [3.8, 4) is 0 Å². The molecule has 0 aliphatic rings. The fraction of sp³-hybridized carbons (Fsp3) is 0.667. The fourth-order valence-electron chi connectivity index (χ4n) is 1.47. The number of nitrogens with two attached hydrogens (primary N) is 1. The Hall–Kier alpha value is -1.56. The number of nitrogen functional groups attached to an aromatic ring is 1. The largest absolute Gasteiger partial charge is 0.396 e. The van der Waals surface area contributed by atoms with E-state index in [9.17, 15) is 4.79 Å². The molecule has 1 aromatic heterocycles. The second-order valence-corrected chi connectivity index (χ2v) is 4.97. The molecule has 0 fully saturated rings. The van der Waals surface area contributed by atoms with Crippen LogP contribution >= 0.6 is 0 Å². The Labute approximate surface area is 108 Å². The predicted octanol–water partition coefficient (Wildman–Crippen LogP) is 0.169. The van der Waals surface area contributed by atoms with Crippen LogP contribution in [0.2, 0.25) is 0 Å². The van der Waals surface area contributed by atoms with Crippen molar-refractivity contribution in [3.63, 3.8) is 0 Å². The van der Waals surface area contributed by atoms with Gasteiger partial charge in [-0.05, 0) is 13.0 Å². The number of carbonyl (C=O) groups is 1. The summed E-state index contributed by atoms with van der Waals surface area (Å²) in [5.41, 5.74) is 6.23. The molecule has 0 saturated carbocycles. The summed E-state index contributed by atoms with van der Waals surface area (Å²) in [5.74, 6) is 0.539. The molecular weight excluding hydrogens is 230 g/mol. The summed E-state index contributed by atoms with van der Waals surface area (Å²) >= 11 is 0. The monoisotopic (exact) mass is 253 g/mol. The Morgan fingerprint density at radius 2 is 2.33 bits per heavy atom. The second kappa shape index (κ2) is 7.00. The molecule has 0 saturated heterocycles. The second-order valence-electron chi connectivity index (χ2n) is 4.97. The van der Waals surface area contributed by atoms with Gasteiger partial charge in [0, 0.05) is 19.3 Å². The van der Waals surface area contributed by atoms with Crippen molar-refractivity contribution in [3.05, 3.63) is 12.4 Å². The molecule has 6 nitrogen and oxygen atoms in total. The minimum absolute atomic E-state index is 0.0613. The van der Waals surface area contributed by atoms with Crippen LogP contribution in [0.1, 0.15) is 13.8 Å². The third-order valence-corrected chi connectivity index (χ3v) is 2.49. The van der Waals surface area contributed by atoms with Crippen molar-refractivity contribution in [2.45, 2.75) is 20.4 Å². The summed E-state index contributed by atoms with van der Waals surface area (Å²) < 4.78 is 1.78. The average Bonchev–Trinajstić information content (AvgIpc) is 2.70. The molecule has 0 aliphatic carbocycles. The normalized spacial score (nSPS) is 11.2. The number of aromatic nitrogens is 2. The highest BCUT2D eigenvalue weighted by Crippen LogP contribution is 1.97. The third kappa shape index (κ3) is 5.67. The molecule has 0 aromatic carbocycles. The van der Waals surface area contributed by atoms with Gasteiger partial charge >= 0.3 is 0 Å². The van der Waals surface area contributed by atoms with E-state index in [1.165, 1.54) is 0 Å². The Morgan fingerprint density at radius 1 is 1.61 bits per heavy atom. The average molecular weight is 253 g/mol. The molecule has 0 bridgehead atoms. The van der Waals surface area contributed by atoms with Crippen molar-refractivity contribution >= 4 is 11.6 Å². The van der Waals surface area contributed by atoms with Crippen molar-refractivity contribution in [2.24, 2.45) is 5.92 Å². The summed E-state index contributed by atoms with van der Waals surface area (Å²) in [6.07, 6.45) is 3.40. The minimum Gasteiger partial charge on any atom is -0.396 e. The van der Waals surface area contributed by atoms with E-state index in [2.05, 4.69) is 24.3 Å². The molecule has 0 aliphatic heterocycles. The molecule has 0 unspecified atom stereocenters. The van der Waals surface area contributed by atoms with Crippen molar-refractivity contribution in [2.75, 3.05) is 32.4 Å². The highest BCUT2D eigenvalue weighted by atomic mass is 16.2. The smallest absolute Gasteiger partial charge is 0.234 e. The molecule has 0 spiro atoms. The van der Waals surface area contributed by atoms with E-state index in [0.29, 0.717) is 18.2 Å². The fourth-order valence-corrected chi connectivity index (χ4v) is 1.47. The summed E-state index contributed by atoms with van der Waals surface area (Å²) in [5, 5.41) is 6.98. The van der Waals surface area contributed by atoms with E-state index in [1.807, 2.05) is 11.9 Å². The zero-order chi connectivity index (χ0) is 13.5. The van der Waals surface area contributed by atoms with Crippen LogP contribution < -0.4 is 11.1 Å². The van der Waals surface area contributed by atoms with Gasteiger partial charge in [0.1, 0.15) is 0 Å². The van der Waals surface area contributed by atoms with E-state index < -0.39 is 0 Å². The van der Waals surface area contributed by atoms with Crippen molar-refractivity contribution in [1.29, 1.82) is 0 Å². The highest BCUT2D eigenvalue weighted by Gasteiger charge is 2.07. The number of anilines is 1. The number of amides is 1. The molecule has 1 heterocycles. The van der Waals surface area contributed by atoms with Crippen molar-refractivity contribution in [1.82, 2.24) is 20.0 Å². The van der Waals surface area contributed by atoms with E-state index in [4.69, 9.17) is 5.73 Å². The van der Waals surface area contributed by atoms with Gasteiger partial charge in [-0.15, -0.1) is 0 Å². The van der Waals surface area contributed by atoms with E-state index >= 15 is 0 Å². The summed E-state index contributed by atoms with van der Waals surface area (Å²) in [7, 11) is 1.92. The van der Waals surface area contributed by atoms with E-state index in [1.54, 1.807) is 17.1 Å². The van der Waals surface area contributed by atoms with Gasteiger partial charge in [0.2, 0.25) is 5.91 Å². The first-order valence-corrected chi connectivity index (χ1v) is 6.20. The number of likely N-dealkylation sites (N-methyl/N-ethyl adjacent to an activating group) is 1. The molecule has 102 valence electrons. The van der Waals surface area contributed by atoms with Gasteiger partial charge < -0.3 is 11.1 Å². The number of rotatable bonds is 7. The van der Waals surface area contributed by atoms with Gasteiger partial charge in [-0.2, -0.15) is 5.10 Å². The molecule has 0 atom stereocenters. The maximum atomic E-state index is 11.6. The lowest BCUT2D eigenvalue weighted by Gasteiger charge is -2.16. The molecule has 18 heavy (non-hydrogen) atoms. The molecule has 1 rings (SSSR count). The van der Waals surface area contributed by atoms with Crippen molar-refractivity contribution < 1.29 is 4.79 Å². The molecule has 1 amide bonds. The molecule has 3 N–H and O–H groups in total. The lowest BCUT2D eigenvalue weighted by molar-refractivity contribution is -0.122. The van der Waals surface area contributed by atoms with Crippen LogP contribution in [0.25, 0.3) is 0 Å². The Bertz CT molecular complexity index is 374. The van der Waals surface area contributed by atoms with Gasteiger partial charge in [0.15, 0.2) is 0 Å². The number of nitrogens with zero attached hydrogens (tertiary/aromatic N) is 3. The van der Waals surface area contributed by atoms with Crippen LogP contribution in [0.5, 0.6) is 0 Å². The van der Waals surface area contributed by atoms with Gasteiger partial charge in [0.05, 0.1) is 25.0 Å². The Balaban J connectivity index is 2.20. The molecule has 1 aromatic rings. The Kier molecular flexibility index (Phi) is 5.64. The van der Waals surface area contributed by atoms with Gasteiger partial charge in [-0.25, -0.2) is 0 Å². The summed E-state index contributed by atoms with van der Waals surface area (Å²) in [6.45, 7) is 6.77. The highest BCUT2D eigenvalue weighted by molar-refractivity contribution is 5.77. The molecular formula is C12H23N5O. The molecule has 0 radical (unpaired) electrons.